The Morgan fingerprint density at radius 2 is 1.58 bits per heavy atom. The van der Waals surface area contributed by atoms with E-state index in [1.54, 1.807) is 45.9 Å². The summed E-state index contributed by atoms with van der Waals surface area (Å²) in [5.41, 5.74) is 0.586. The first-order valence-corrected chi connectivity index (χ1v) is 14.2. The average Bonchev–Trinajstić information content (AvgIpc) is 2.96. The van der Waals surface area contributed by atoms with Gasteiger partial charge in [-0.05, 0) is 56.4 Å². The topological polar surface area (TPSA) is 175 Å². The fourth-order valence-corrected chi connectivity index (χ4v) is 3.66. The molecule has 0 aromatic heterocycles. The van der Waals surface area contributed by atoms with Gasteiger partial charge in [-0.2, -0.15) is 0 Å². The summed E-state index contributed by atoms with van der Waals surface area (Å²) in [4.78, 5) is 73.8. The molecule has 0 saturated carbocycles. The van der Waals surface area contributed by atoms with Crippen molar-refractivity contribution in [3.63, 3.8) is 0 Å². The summed E-state index contributed by atoms with van der Waals surface area (Å²) in [5, 5.41) is 7.55. The molecule has 1 aromatic carbocycles. The van der Waals surface area contributed by atoms with Gasteiger partial charge < -0.3 is 34.9 Å². The molecule has 13 heteroatoms. The van der Waals surface area contributed by atoms with Crippen LogP contribution >= 0.6 is 0 Å². The van der Waals surface area contributed by atoms with Gasteiger partial charge in [-0.15, -0.1) is 0 Å². The van der Waals surface area contributed by atoms with Crippen molar-refractivity contribution in [2.24, 2.45) is 5.92 Å². The molecule has 0 heterocycles. The molecular formula is C30H43N3O10. The molecule has 0 aliphatic rings. The summed E-state index contributed by atoms with van der Waals surface area (Å²) in [5.74, 6) is -3.25. The summed E-state index contributed by atoms with van der Waals surface area (Å²) in [7, 11) is 1.43. The molecule has 1 aromatic rings. The molecule has 0 spiro atoms. The number of carbonyl (C=O) groups is 6. The lowest BCUT2D eigenvalue weighted by molar-refractivity contribution is -0.149. The van der Waals surface area contributed by atoms with Crippen molar-refractivity contribution in [1.29, 1.82) is 0 Å². The van der Waals surface area contributed by atoms with E-state index in [1.165, 1.54) is 19.3 Å². The Kier molecular flexibility index (Phi) is 16.7. The van der Waals surface area contributed by atoms with Crippen LogP contribution in [0.1, 0.15) is 65.9 Å². The lowest BCUT2D eigenvalue weighted by Gasteiger charge is -2.24. The maximum absolute atomic E-state index is 13.0. The van der Waals surface area contributed by atoms with Crippen LogP contribution < -0.4 is 25.4 Å². The van der Waals surface area contributed by atoms with Crippen molar-refractivity contribution in [3.05, 3.63) is 29.8 Å². The normalized spacial score (nSPS) is 12.2. The van der Waals surface area contributed by atoms with Gasteiger partial charge in [0.2, 0.25) is 17.7 Å². The summed E-state index contributed by atoms with van der Waals surface area (Å²) < 4.78 is 20.4. The van der Waals surface area contributed by atoms with Crippen LogP contribution in [0, 0.1) is 5.92 Å². The number of ether oxygens (including phenoxy) is 4. The fourth-order valence-electron chi connectivity index (χ4n) is 3.66. The first-order valence-electron chi connectivity index (χ1n) is 14.2. The molecule has 1 rings (SSSR count). The standard InChI is InChI=1S/C30H43N3O10/c1-7-10-27(37)43-22-14-11-20(17-23(22)40-6)12-15-24(34)31-18-25(35)33-28(19(4)5)29(38)32-21(30(39)42-9-3)13-16-26(36)41-8-2/h11-12,14-15,17,19,21,28H,7-10,13,16,18H2,1-6H3,(H,31,34)(H,32,38)(H,33,35)/b15-12+/t21-,28+/m1/s1. The van der Waals surface area contributed by atoms with Gasteiger partial charge in [0.15, 0.2) is 11.5 Å². The molecule has 0 unspecified atom stereocenters. The first-order chi connectivity index (χ1) is 20.4. The molecule has 3 amide bonds. The number of hydrogen-bond acceptors (Lipinski definition) is 10. The van der Waals surface area contributed by atoms with E-state index < -0.39 is 48.3 Å². The van der Waals surface area contributed by atoms with E-state index in [9.17, 15) is 28.8 Å². The van der Waals surface area contributed by atoms with E-state index >= 15 is 0 Å². The van der Waals surface area contributed by atoms with Crippen LogP contribution in [0.15, 0.2) is 24.3 Å². The Balaban J connectivity index is 2.76. The third kappa shape index (κ3) is 13.9. The van der Waals surface area contributed by atoms with Gasteiger partial charge in [0, 0.05) is 18.9 Å². The van der Waals surface area contributed by atoms with Crippen LogP contribution in [0.3, 0.4) is 0 Å². The SMILES string of the molecule is CCCC(=O)Oc1ccc(/C=C/C(=O)NCC(=O)N[C@H](C(=O)N[C@H](CCC(=O)OCC)C(=O)OCC)C(C)C)cc1OC. The van der Waals surface area contributed by atoms with Crippen LogP contribution in [-0.4, -0.2) is 74.6 Å². The Labute approximate surface area is 252 Å². The van der Waals surface area contributed by atoms with Gasteiger partial charge in [-0.25, -0.2) is 4.79 Å². The van der Waals surface area contributed by atoms with E-state index in [4.69, 9.17) is 18.9 Å². The van der Waals surface area contributed by atoms with Gasteiger partial charge >= 0.3 is 17.9 Å². The molecule has 13 nitrogen and oxygen atoms in total. The fraction of sp³-hybridized carbons (Fsp3) is 0.533. The molecule has 0 radical (unpaired) electrons. The number of methoxy groups -OCH3 is 1. The number of esters is 3. The second-order valence-corrected chi connectivity index (χ2v) is 9.63. The average molecular weight is 606 g/mol. The molecule has 0 saturated heterocycles. The zero-order valence-corrected chi connectivity index (χ0v) is 25.7. The highest BCUT2D eigenvalue weighted by atomic mass is 16.6. The molecule has 2 atom stereocenters. The molecule has 0 aliphatic carbocycles. The minimum atomic E-state index is -1.11. The summed E-state index contributed by atoms with van der Waals surface area (Å²) in [6.07, 6.45) is 3.47. The maximum atomic E-state index is 13.0. The largest absolute Gasteiger partial charge is 0.493 e. The molecule has 238 valence electrons. The van der Waals surface area contributed by atoms with Crippen LogP contribution in [0.2, 0.25) is 0 Å². The highest BCUT2D eigenvalue weighted by Crippen LogP contribution is 2.29. The van der Waals surface area contributed by atoms with Gasteiger partial charge in [0.1, 0.15) is 12.1 Å². The zero-order valence-electron chi connectivity index (χ0n) is 25.7. The molecule has 0 aliphatic heterocycles. The monoisotopic (exact) mass is 605 g/mol. The van der Waals surface area contributed by atoms with Gasteiger partial charge in [0.25, 0.3) is 0 Å². The molecule has 43 heavy (non-hydrogen) atoms. The van der Waals surface area contributed by atoms with Gasteiger partial charge in [-0.1, -0.05) is 26.8 Å². The zero-order chi connectivity index (χ0) is 32.4. The molecular weight excluding hydrogens is 562 g/mol. The molecule has 0 fully saturated rings. The van der Waals surface area contributed by atoms with E-state index in [0.29, 0.717) is 17.7 Å². The van der Waals surface area contributed by atoms with Crippen molar-refractivity contribution in [2.45, 2.75) is 72.4 Å². The lowest BCUT2D eigenvalue weighted by atomic mass is 10.0. The maximum Gasteiger partial charge on any atom is 0.328 e. The Morgan fingerprint density at radius 1 is 0.884 bits per heavy atom. The molecule has 3 N–H and O–H groups in total. The number of rotatable bonds is 18. The van der Waals surface area contributed by atoms with Gasteiger partial charge in [0.05, 0.1) is 26.9 Å². The Bertz CT molecular complexity index is 1150. The van der Waals surface area contributed by atoms with E-state index in [2.05, 4.69) is 16.0 Å². The van der Waals surface area contributed by atoms with E-state index in [0.717, 1.165) is 0 Å². The third-order valence-corrected chi connectivity index (χ3v) is 5.81. The second-order valence-electron chi connectivity index (χ2n) is 9.63. The summed E-state index contributed by atoms with van der Waals surface area (Å²) >= 11 is 0. The Morgan fingerprint density at radius 3 is 2.19 bits per heavy atom. The first kappa shape index (κ1) is 36.6. The second kappa shape index (κ2) is 19.7. The number of hydrogen-bond donors (Lipinski definition) is 3. The quantitative estimate of drug-likeness (QED) is 0.128. The van der Waals surface area contributed by atoms with E-state index in [-0.39, 0.29) is 50.1 Å². The number of benzene rings is 1. The Hall–Kier alpha value is -4.42. The number of carbonyl (C=O) groups excluding carboxylic acids is 6. The highest BCUT2D eigenvalue weighted by Gasteiger charge is 2.30. The summed E-state index contributed by atoms with van der Waals surface area (Å²) in [6.45, 7) is 8.38. The van der Waals surface area contributed by atoms with Gasteiger partial charge in [-0.3, -0.25) is 24.0 Å². The number of nitrogens with one attached hydrogen (secondary N) is 3. The van der Waals surface area contributed by atoms with Crippen LogP contribution in [0.4, 0.5) is 0 Å². The van der Waals surface area contributed by atoms with Crippen LogP contribution in [0.25, 0.3) is 6.08 Å². The van der Waals surface area contributed by atoms with Crippen molar-refractivity contribution < 1.29 is 47.7 Å². The van der Waals surface area contributed by atoms with Crippen LogP contribution in [0.5, 0.6) is 11.5 Å². The lowest BCUT2D eigenvalue weighted by Crippen LogP contribution is -2.55. The minimum Gasteiger partial charge on any atom is -0.493 e. The van der Waals surface area contributed by atoms with Crippen molar-refractivity contribution in [1.82, 2.24) is 16.0 Å². The minimum absolute atomic E-state index is 0.0385. The highest BCUT2D eigenvalue weighted by molar-refractivity contribution is 5.96. The predicted molar refractivity (Wildman–Crippen MR) is 157 cm³/mol. The van der Waals surface area contributed by atoms with E-state index in [1.807, 2.05) is 6.92 Å². The predicted octanol–water partition coefficient (Wildman–Crippen LogP) is 2.06. The summed E-state index contributed by atoms with van der Waals surface area (Å²) in [6, 6.07) is 2.63. The van der Waals surface area contributed by atoms with Crippen molar-refractivity contribution in [2.75, 3.05) is 26.9 Å². The smallest absolute Gasteiger partial charge is 0.328 e. The van der Waals surface area contributed by atoms with Crippen molar-refractivity contribution >= 4 is 41.7 Å². The molecule has 0 bridgehead atoms. The van der Waals surface area contributed by atoms with Crippen molar-refractivity contribution in [3.8, 4) is 11.5 Å². The van der Waals surface area contributed by atoms with Crippen LogP contribution in [-0.2, 0) is 38.2 Å². The number of amides is 3. The third-order valence-electron chi connectivity index (χ3n) is 5.81.